The highest BCUT2D eigenvalue weighted by Gasteiger charge is 2.33. The normalized spacial score (nSPS) is 11.6. The molecule has 0 spiro atoms. The molecule has 8 heteroatoms. The summed E-state index contributed by atoms with van der Waals surface area (Å²) < 4.78 is 39.4. The van der Waals surface area contributed by atoms with Crippen LogP contribution >= 0.6 is 0 Å². The van der Waals surface area contributed by atoms with Gasteiger partial charge in [-0.2, -0.15) is 13.2 Å². The molecule has 0 aliphatic carbocycles. The van der Waals surface area contributed by atoms with Gasteiger partial charge in [0.1, 0.15) is 0 Å². The summed E-state index contributed by atoms with van der Waals surface area (Å²) in [6.45, 7) is 4.28. The van der Waals surface area contributed by atoms with Gasteiger partial charge in [-0.1, -0.05) is 44.2 Å². The maximum Gasteiger partial charge on any atom is 0.416 e. The fraction of sp³-hybridized carbons (Fsp3) is 0.364. The molecule has 0 aliphatic rings. The van der Waals surface area contributed by atoms with Crippen LogP contribution in [-0.4, -0.2) is 36.9 Å². The van der Waals surface area contributed by atoms with Gasteiger partial charge in [-0.15, -0.1) is 0 Å². The lowest BCUT2D eigenvalue weighted by atomic mass is 10.1. The zero-order valence-corrected chi connectivity index (χ0v) is 17.2. The number of halogens is 3. The predicted molar refractivity (Wildman–Crippen MR) is 110 cm³/mol. The molecule has 0 bridgehead atoms. The molecule has 0 saturated heterocycles. The molecule has 2 aromatic carbocycles. The van der Waals surface area contributed by atoms with Crippen LogP contribution in [0.1, 0.15) is 35.3 Å². The van der Waals surface area contributed by atoms with Gasteiger partial charge in [0, 0.05) is 13.1 Å². The van der Waals surface area contributed by atoms with Crippen molar-refractivity contribution in [2.24, 2.45) is 5.92 Å². The molecule has 5 nitrogen and oxygen atoms in total. The first-order valence-corrected chi connectivity index (χ1v) is 9.58. The van der Waals surface area contributed by atoms with Crippen LogP contribution in [0.3, 0.4) is 0 Å². The first kappa shape index (κ1) is 23.4. The number of alkyl halides is 3. The van der Waals surface area contributed by atoms with E-state index in [4.69, 9.17) is 0 Å². The van der Waals surface area contributed by atoms with Crippen molar-refractivity contribution >= 4 is 17.5 Å². The zero-order valence-electron chi connectivity index (χ0n) is 17.2. The van der Waals surface area contributed by atoms with Crippen LogP contribution in [0.25, 0.3) is 0 Å². The monoisotopic (exact) mass is 421 g/mol. The Hall–Kier alpha value is -2.87. The molecule has 0 saturated carbocycles. The summed E-state index contributed by atoms with van der Waals surface area (Å²) in [4.78, 5) is 26.3. The van der Waals surface area contributed by atoms with Crippen molar-refractivity contribution in [1.82, 2.24) is 10.2 Å². The molecular formula is C22H26F3N3O2. The van der Waals surface area contributed by atoms with Gasteiger partial charge in [0.05, 0.1) is 23.4 Å². The second kappa shape index (κ2) is 10.2. The molecule has 0 aliphatic heterocycles. The lowest BCUT2D eigenvalue weighted by Crippen LogP contribution is -2.32. The predicted octanol–water partition coefficient (Wildman–Crippen LogP) is 4.16. The van der Waals surface area contributed by atoms with Crippen molar-refractivity contribution in [2.45, 2.75) is 26.6 Å². The topological polar surface area (TPSA) is 61.4 Å². The van der Waals surface area contributed by atoms with Crippen molar-refractivity contribution < 1.29 is 22.8 Å². The summed E-state index contributed by atoms with van der Waals surface area (Å²) in [7, 11) is 1.56. The van der Waals surface area contributed by atoms with Gasteiger partial charge in [0.25, 0.3) is 5.91 Å². The van der Waals surface area contributed by atoms with Gasteiger partial charge in [-0.25, -0.2) is 0 Å². The molecule has 0 atom stereocenters. The summed E-state index contributed by atoms with van der Waals surface area (Å²) in [6.07, 6.45) is -4.46. The number of nitrogens with zero attached hydrogens (tertiary/aromatic N) is 1. The van der Waals surface area contributed by atoms with E-state index >= 15 is 0 Å². The molecule has 2 aromatic rings. The van der Waals surface area contributed by atoms with E-state index in [9.17, 15) is 22.8 Å². The lowest BCUT2D eigenvalue weighted by molar-refractivity contribution is -0.138. The SMILES string of the molecule is CC(C)CNC(=O)c1ccccc1NC(=O)CN(C)Cc1ccccc1C(F)(F)F. The Balaban J connectivity index is 2.03. The van der Waals surface area contributed by atoms with E-state index in [0.717, 1.165) is 6.07 Å². The minimum Gasteiger partial charge on any atom is -0.352 e. The van der Waals surface area contributed by atoms with Crippen molar-refractivity contribution in [2.75, 3.05) is 25.5 Å². The Kier molecular flexibility index (Phi) is 8.00. The minimum atomic E-state index is -4.46. The second-order valence-electron chi connectivity index (χ2n) is 7.52. The van der Waals surface area contributed by atoms with Gasteiger partial charge in [-0.05, 0) is 36.7 Å². The Morgan fingerprint density at radius 3 is 2.33 bits per heavy atom. The van der Waals surface area contributed by atoms with E-state index in [1.165, 1.54) is 23.1 Å². The number of anilines is 1. The molecule has 0 fully saturated rings. The number of para-hydroxylation sites is 1. The van der Waals surface area contributed by atoms with Gasteiger partial charge in [-0.3, -0.25) is 14.5 Å². The van der Waals surface area contributed by atoms with Crippen molar-refractivity contribution in [3.05, 3.63) is 65.2 Å². The Bertz CT molecular complexity index is 882. The van der Waals surface area contributed by atoms with E-state index in [0.29, 0.717) is 17.8 Å². The van der Waals surface area contributed by atoms with E-state index in [1.807, 2.05) is 13.8 Å². The number of likely N-dealkylation sites (N-methyl/N-ethyl adjacent to an activating group) is 1. The summed E-state index contributed by atoms with van der Waals surface area (Å²) in [6, 6.07) is 11.9. The molecule has 0 unspecified atom stereocenters. The number of amides is 2. The Morgan fingerprint density at radius 2 is 1.67 bits per heavy atom. The molecular weight excluding hydrogens is 395 g/mol. The lowest BCUT2D eigenvalue weighted by Gasteiger charge is -2.20. The first-order chi connectivity index (χ1) is 14.1. The number of carbonyl (C=O) groups excluding carboxylic acids is 2. The number of hydrogen-bond donors (Lipinski definition) is 2. The van der Waals surface area contributed by atoms with E-state index < -0.39 is 17.6 Å². The van der Waals surface area contributed by atoms with Crippen LogP contribution in [0.15, 0.2) is 48.5 Å². The minimum absolute atomic E-state index is 0.0420. The Morgan fingerprint density at radius 1 is 1.03 bits per heavy atom. The fourth-order valence-corrected chi connectivity index (χ4v) is 2.90. The van der Waals surface area contributed by atoms with E-state index in [1.54, 1.807) is 31.3 Å². The summed E-state index contributed by atoms with van der Waals surface area (Å²) in [5.41, 5.74) is 0.0580. The average Bonchev–Trinajstić information content (AvgIpc) is 2.65. The number of carbonyl (C=O) groups is 2. The number of hydrogen-bond acceptors (Lipinski definition) is 3. The molecule has 0 aromatic heterocycles. The smallest absolute Gasteiger partial charge is 0.352 e. The van der Waals surface area contributed by atoms with Crippen molar-refractivity contribution in [3.63, 3.8) is 0 Å². The van der Waals surface area contributed by atoms with E-state index in [2.05, 4.69) is 10.6 Å². The third-order valence-corrected chi connectivity index (χ3v) is 4.29. The van der Waals surface area contributed by atoms with E-state index in [-0.39, 0.29) is 30.5 Å². The summed E-state index contributed by atoms with van der Waals surface area (Å²) in [5, 5.41) is 5.48. The van der Waals surface area contributed by atoms with Crippen LogP contribution < -0.4 is 10.6 Å². The second-order valence-corrected chi connectivity index (χ2v) is 7.52. The fourth-order valence-electron chi connectivity index (χ4n) is 2.90. The van der Waals surface area contributed by atoms with Crippen LogP contribution in [0.2, 0.25) is 0 Å². The van der Waals surface area contributed by atoms with Crippen LogP contribution in [0, 0.1) is 5.92 Å². The highest BCUT2D eigenvalue weighted by atomic mass is 19.4. The highest BCUT2D eigenvalue weighted by molar-refractivity contribution is 6.04. The standard InChI is InChI=1S/C22H26F3N3O2/c1-15(2)12-26-21(30)17-9-5-7-11-19(17)27-20(29)14-28(3)13-16-8-4-6-10-18(16)22(23,24)25/h4-11,15H,12-14H2,1-3H3,(H,26,30)(H,27,29). The molecule has 2 N–H and O–H groups in total. The van der Waals surface area contributed by atoms with Crippen LogP contribution in [0.5, 0.6) is 0 Å². The summed E-state index contributed by atoms with van der Waals surface area (Å²) >= 11 is 0. The molecule has 2 rings (SSSR count). The van der Waals surface area contributed by atoms with Crippen LogP contribution in [-0.2, 0) is 17.5 Å². The van der Waals surface area contributed by atoms with Crippen LogP contribution in [0.4, 0.5) is 18.9 Å². The van der Waals surface area contributed by atoms with Gasteiger partial charge in [0.15, 0.2) is 0 Å². The largest absolute Gasteiger partial charge is 0.416 e. The van der Waals surface area contributed by atoms with Gasteiger partial charge >= 0.3 is 6.18 Å². The molecule has 2 amide bonds. The third-order valence-electron chi connectivity index (χ3n) is 4.29. The maximum atomic E-state index is 13.1. The average molecular weight is 421 g/mol. The highest BCUT2D eigenvalue weighted by Crippen LogP contribution is 2.32. The molecule has 162 valence electrons. The summed E-state index contributed by atoms with van der Waals surface area (Å²) in [5.74, 6) is -0.443. The number of benzene rings is 2. The number of rotatable bonds is 8. The third kappa shape index (κ3) is 6.88. The van der Waals surface area contributed by atoms with Gasteiger partial charge < -0.3 is 10.6 Å². The van der Waals surface area contributed by atoms with Crippen molar-refractivity contribution in [1.29, 1.82) is 0 Å². The maximum absolute atomic E-state index is 13.1. The quantitative estimate of drug-likeness (QED) is 0.673. The molecule has 0 heterocycles. The molecule has 0 radical (unpaired) electrons. The zero-order chi connectivity index (χ0) is 22.3. The Labute approximate surface area is 174 Å². The molecule has 30 heavy (non-hydrogen) atoms. The first-order valence-electron chi connectivity index (χ1n) is 9.58. The number of nitrogens with one attached hydrogen (secondary N) is 2. The van der Waals surface area contributed by atoms with Gasteiger partial charge in [0.2, 0.25) is 5.91 Å². The van der Waals surface area contributed by atoms with Crippen molar-refractivity contribution in [3.8, 4) is 0 Å².